The van der Waals surface area contributed by atoms with Crippen LogP contribution < -0.4 is 5.32 Å². The fourth-order valence-corrected chi connectivity index (χ4v) is 2.52. The lowest BCUT2D eigenvalue weighted by Crippen LogP contribution is -2.42. The van der Waals surface area contributed by atoms with E-state index in [4.69, 9.17) is 18.9 Å². The van der Waals surface area contributed by atoms with Gasteiger partial charge in [0.2, 0.25) is 0 Å². The molecule has 2 rings (SSSR count). The Morgan fingerprint density at radius 1 is 1.17 bits per heavy atom. The highest BCUT2D eigenvalue weighted by atomic mass is 79.9. The maximum absolute atomic E-state index is 11.9. The van der Waals surface area contributed by atoms with E-state index < -0.39 is 24.0 Å². The molecule has 0 atom stereocenters. The van der Waals surface area contributed by atoms with Gasteiger partial charge in [0.1, 0.15) is 0 Å². The molecule has 0 aliphatic carbocycles. The molecule has 24 heavy (non-hydrogen) atoms. The molecule has 1 N–H and O–H groups in total. The molecule has 0 aromatic heterocycles. The average molecular weight is 400 g/mol. The van der Waals surface area contributed by atoms with Gasteiger partial charge in [0.05, 0.1) is 0 Å². The minimum absolute atomic E-state index is 0.227. The molecule has 1 aliphatic rings. The molecule has 1 saturated heterocycles. The van der Waals surface area contributed by atoms with Gasteiger partial charge < -0.3 is 24.3 Å². The van der Waals surface area contributed by atoms with Gasteiger partial charge in [-0.3, -0.25) is 0 Å². The fraction of sp³-hybridized carbons (Fsp3) is 0.375. The van der Waals surface area contributed by atoms with Crippen molar-refractivity contribution in [2.45, 2.75) is 25.9 Å². The van der Waals surface area contributed by atoms with Crippen LogP contribution in [0.1, 0.15) is 25.7 Å². The van der Waals surface area contributed by atoms with Crippen molar-refractivity contribution >= 4 is 33.6 Å². The first kappa shape index (κ1) is 18.4. The monoisotopic (exact) mass is 399 g/mol. The van der Waals surface area contributed by atoms with Crippen molar-refractivity contribution in [1.82, 2.24) is 0 Å². The van der Waals surface area contributed by atoms with Crippen LogP contribution in [0, 0.1) is 0 Å². The minimum Gasteiger partial charge on any atom is -0.419 e. The van der Waals surface area contributed by atoms with Crippen LogP contribution in [0.2, 0.25) is 0 Å². The third kappa shape index (κ3) is 4.14. The summed E-state index contributed by atoms with van der Waals surface area (Å²) >= 11 is 3.38. The Morgan fingerprint density at radius 2 is 1.75 bits per heavy atom. The summed E-state index contributed by atoms with van der Waals surface area (Å²) in [5, 5.41) is 2.90. The summed E-state index contributed by atoms with van der Waals surface area (Å²) in [6.45, 7) is 2.98. The van der Waals surface area contributed by atoms with E-state index >= 15 is 0 Å². The van der Waals surface area contributed by atoms with E-state index in [1.165, 1.54) is 34.3 Å². The largest absolute Gasteiger partial charge is 0.419 e. The number of carbonyl (C=O) groups excluding carboxylic acids is 2. The Hall–Kier alpha value is -1.90. The molecular formula is C16H18BrNO6. The SMILES string of the molecule is COC(OC)c1cc(Br)ccc1NC=C1C(=O)OC(C)(C)OC1=O. The molecule has 0 unspecified atom stereocenters. The highest BCUT2D eigenvalue weighted by Crippen LogP contribution is 2.30. The second-order valence-electron chi connectivity index (χ2n) is 5.42. The second kappa shape index (κ2) is 7.33. The first-order valence-electron chi connectivity index (χ1n) is 7.06. The van der Waals surface area contributed by atoms with Crippen LogP contribution in [-0.2, 0) is 28.5 Å². The van der Waals surface area contributed by atoms with E-state index in [1.807, 2.05) is 0 Å². The lowest BCUT2D eigenvalue weighted by molar-refractivity contribution is -0.222. The van der Waals surface area contributed by atoms with Crippen LogP contribution in [0.25, 0.3) is 0 Å². The van der Waals surface area contributed by atoms with Gasteiger partial charge in [0, 0.05) is 50.0 Å². The van der Waals surface area contributed by atoms with Gasteiger partial charge in [-0.15, -0.1) is 0 Å². The van der Waals surface area contributed by atoms with Crippen molar-refractivity contribution in [3.8, 4) is 0 Å². The molecule has 8 heteroatoms. The number of methoxy groups -OCH3 is 2. The van der Waals surface area contributed by atoms with Gasteiger partial charge in [0.25, 0.3) is 5.79 Å². The topological polar surface area (TPSA) is 83.1 Å². The smallest absolute Gasteiger partial charge is 0.350 e. The summed E-state index contributed by atoms with van der Waals surface area (Å²) < 4.78 is 21.4. The number of cyclic esters (lactones) is 2. The molecule has 0 radical (unpaired) electrons. The molecule has 1 aromatic rings. The number of benzene rings is 1. The Balaban J connectivity index is 2.29. The summed E-state index contributed by atoms with van der Waals surface area (Å²) in [5.74, 6) is -2.78. The summed E-state index contributed by atoms with van der Waals surface area (Å²) in [5.41, 5.74) is 1.06. The predicted molar refractivity (Wildman–Crippen MR) is 88.9 cm³/mol. The molecule has 1 aliphatic heterocycles. The van der Waals surface area contributed by atoms with E-state index in [2.05, 4.69) is 21.2 Å². The number of nitrogens with one attached hydrogen (secondary N) is 1. The number of anilines is 1. The van der Waals surface area contributed by atoms with E-state index in [0.29, 0.717) is 11.3 Å². The lowest BCUT2D eigenvalue weighted by atomic mass is 10.1. The quantitative estimate of drug-likeness (QED) is 0.352. The Kier molecular flexibility index (Phi) is 5.63. The number of carbonyl (C=O) groups is 2. The lowest BCUT2D eigenvalue weighted by Gasteiger charge is -2.29. The molecule has 7 nitrogen and oxygen atoms in total. The van der Waals surface area contributed by atoms with Crippen molar-refractivity contribution in [2.24, 2.45) is 0 Å². The molecule has 0 saturated carbocycles. The number of hydrogen-bond acceptors (Lipinski definition) is 7. The molecule has 0 bridgehead atoms. The number of esters is 2. The normalized spacial score (nSPS) is 16.7. The van der Waals surface area contributed by atoms with Crippen molar-refractivity contribution in [3.63, 3.8) is 0 Å². The molecular weight excluding hydrogens is 382 g/mol. The first-order chi connectivity index (χ1) is 11.3. The average Bonchev–Trinajstić information content (AvgIpc) is 2.48. The van der Waals surface area contributed by atoms with E-state index in [1.54, 1.807) is 18.2 Å². The fourth-order valence-electron chi connectivity index (χ4n) is 2.14. The van der Waals surface area contributed by atoms with Crippen LogP contribution in [0.5, 0.6) is 0 Å². The van der Waals surface area contributed by atoms with Crippen molar-refractivity contribution in [1.29, 1.82) is 0 Å². The van der Waals surface area contributed by atoms with E-state index in [0.717, 1.165) is 4.47 Å². The second-order valence-corrected chi connectivity index (χ2v) is 6.33. The number of halogens is 1. The molecule has 1 heterocycles. The van der Waals surface area contributed by atoms with Gasteiger partial charge in [0.15, 0.2) is 11.9 Å². The highest BCUT2D eigenvalue weighted by molar-refractivity contribution is 9.10. The van der Waals surface area contributed by atoms with Gasteiger partial charge >= 0.3 is 11.9 Å². The van der Waals surface area contributed by atoms with E-state index in [-0.39, 0.29) is 5.57 Å². The number of rotatable bonds is 5. The summed E-state index contributed by atoms with van der Waals surface area (Å²) in [6, 6.07) is 5.36. The van der Waals surface area contributed by atoms with Crippen molar-refractivity contribution in [3.05, 3.63) is 40.0 Å². The molecule has 130 valence electrons. The Morgan fingerprint density at radius 3 is 2.29 bits per heavy atom. The van der Waals surface area contributed by atoms with E-state index in [9.17, 15) is 9.59 Å². The zero-order chi connectivity index (χ0) is 17.9. The third-order valence-corrected chi connectivity index (χ3v) is 3.68. The summed E-state index contributed by atoms with van der Waals surface area (Å²) in [4.78, 5) is 23.9. The molecule has 0 spiro atoms. The third-order valence-electron chi connectivity index (χ3n) is 3.18. The van der Waals surface area contributed by atoms with Gasteiger partial charge in [-0.2, -0.15) is 0 Å². The van der Waals surface area contributed by atoms with Crippen LogP contribution in [0.15, 0.2) is 34.4 Å². The van der Waals surface area contributed by atoms with Gasteiger partial charge in [-0.05, 0) is 18.2 Å². The van der Waals surface area contributed by atoms with Crippen LogP contribution in [-0.4, -0.2) is 31.9 Å². The maximum Gasteiger partial charge on any atom is 0.350 e. The van der Waals surface area contributed by atoms with Gasteiger partial charge in [-0.1, -0.05) is 15.9 Å². The number of hydrogen-bond donors (Lipinski definition) is 1. The van der Waals surface area contributed by atoms with Crippen LogP contribution >= 0.6 is 15.9 Å². The van der Waals surface area contributed by atoms with Gasteiger partial charge in [-0.25, -0.2) is 9.59 Å². The summed E-state index contributed by atoms with van der Waals surface area (Å²) in [6.07, 6.45) is 0.627. The highest BCUT2D eigenvalue weighted by Gasteiger charge is 2.39. The Bertz CT molecular complexity index is 659. The maximum atomic E-state index is 11.9. The standard InChI is InChI=1S/C16H18BrNO6/c1-16(2)23-13(19)11(14(20)24-16)8-18-12-6-5-9(17)7-10(12)15(21-3)22-4/h5-8,15,18H,1-4H3. The molecule has 1 fully saturated rings. The van der Waals surface area contributed by atoms with Crippen LogP contribution in [0.4, 0.5) is 5.69 Å². The molecule has 0 amide bonds. The van der Waals surface area contributed by atoms with Crippen LogP contribution in [0.3, 0.4) is 0 Å². The van der Waals surface area contributed by atoms with Crippen molar-refractivity contribution in [2.75, 3.05) is 19.5 Å². The molecule has 1 aromatic carbocycles. The van der Waals surface area contributed by atoms with Crippen molar-refractivity contribution < 1.29 is 28.5 Å². The summed E-state index contributed by atoms with van der Waals surface area (Å²) in [7, 11) is 3.02. The first-order valence-corrected chi connectivity index (χ1v) is 7.85. The zero-order valence-electron chi connectivity index (χ0n) is 13.7. The Labute approximate surface area is 148 Å². The minimum atomic E-state index is -1.27. The number of ether oxygens (including phenoxy) is 4. The zero-order valence-corrected chi connectivity index (χ0v) is 15.3. The predicted octanol–water partition coefficient (Wildman–Crippen LogP) is 2.87.